The van der Waals surface area contributed by atoms with Gasteiger partial charge in [0, 0.05) is 10.4 Å². The second kappa shape index (κ2) is 3.81. The summed E-state index contributed by atoms with van der Waals surface area (Å²) in [7, 11) is 0. The Labute approximate surface area is 90.4 Å². The average Bonchev–Trinajstić information content (AvgIpc) is 2.06. The third-order valence-corrected chi connectivity index (χ3v) is 3.16. The summed E-state index contributed by atoms with van der Waals surface area (Å²) < 4.78 is 14.1. The van der Waals surface area contributed by atoms with Crippen molar-refractivity contribution >= 4 is 21.7 Å². The van der Waals surface area contributed by atoms with E-state index in [0.717, 1.165) is 23.7 Å². The highest BCUT2D eigenvalue weighted by atomic mass is 79.9. The van der Waals surface area contributed by atoms with Crippen LogP contribution in [0.25, 0.3) is 0 Å². The van der Waals surface area contributed by atoms with Crippen molar-refractivity contribution < 1.29 is 9.18 Å². The molecule has 0 atom stereocenters. The Morgan fingerprint density at radius 2 is 2.14 bits per heavy atom. The van der Waals surface area contributed by atoms with Crippen LogP contribution >= 0.6 is 15.9 Å². The fourth-order valence-corrected chi connectivity index (χ4v) is 1.94. The minimum absolute atomic E-state index is 0.0462. The second-order valence-corrected chi connectivity index (χ2v) is 4.53. The van der Waals surface area contributed by atoms with Crippen molar-refractivity contribution in [2.24, 2.45) is 5.92 Å². The molecule has 0 unspecified atom stereocenters. The van der Waals surface area contributed by atoms with E-state index in [4.69, 9.17) is 0 Å². The molecule has 0 heterocycles. The van der Waals surface area contributed by atoms with E-state index in [1.807, 2.05) is 0 Å². The lowest BCUT2D eigenvalue weighted by Crippen LogP contribution is -2.22. The van der Waals surface area contributed by atoms with Crippen molar-refractivity contribution in [3.05, 3.63) is 34.1 Å². The second-order valence-electron chi connectivity index (χ2n) is 3.62. The maximum atomic E-state index is 13.3. The monoisotopic (exact) mass is 256 g/mol. The van der Waals surface area contributed by atoms with E-state index < -0.39 is 5.82 Å². The van der Waals surface area contributed by atoms with Crippen molar-refractivity contribution in [2.45, 2.75) is 19.3 Å². The maximum absolute atomic E-state index is 13.3. The average molecular weight is 257 g/mol. The molecule has 0 bridgehead atoms. The lowest BCUT2D eigenvalue weighted by Gasteiger charge is -2.23. The van der Waals surface area contributed by atoms with E-state index in [0.29, 0.717) is 0 Å². The van der Waals surface area contributed by atoms with E-state index in [1.54, 1.807) is 12.1 Å². The van der Waals surface area contributed by atoms with Crippen LogP contribution in [0.4, 0.5) is 4.39 Å². The van der Waals surface area contributed by atoms with E-state index >= 15 is 0 Å². The minimum atomic E-state index is -0.412. The summed E-state index contributed by atoms with van der Waals surface area (Å²) in [5, 5.41) is 0. The van der Waals surface area contributed by atoms with Gasteiger partial charge < -0.3 is 0 Å². The molecule has 1 aliphatic carbocycles. The van der Waals surface area contributed by atoms with Crippen LogP contribution in [0.1, 0.15) is 29.6 Å². The van der Waals surface area contributed by atoms with Crippen LogP contribution in [0.5, 0.6) is 0 Å². The summed E-state index contributed by atoms with van der Waals surface area (Å²) in [6.07, 6.45) is 2.90. The molecule has 14 heavy (non-hydrogen) atoms. The Morgan fingerprint density at radius 3 is 2.71 bits per heavy atom. The van der Waals surface area contributed by atoms with E-state index in [1.165, 1.54) is 6.07 Å². The third kappa shape index (κ3) is 1.73. The zero-order valence-corrected chi connectivity index (χ0v) is 9.18. The quantitative estimate of drug-likeness (QED) is 0.740. The largest absolute Gasteiger partial charge is 0.294 e. The van der Waals surface area contributed by atoms with Gasteiger partial charge in [-0.3, -0.25) is 4.79 Å². The summed E-state index contributed by atoms with van der Waals surface area (Å²) in [6, 6.07) is 4.50. The van der Waals surface area contributed by atoms with Gasteiger partial charge in [-0.15, -0.1) is 0 Å². The molecular formula is C11H10BrFO. The van der Waals surface area contributed by atoms with E-state index in [-0.39, 0.29) is 17.3 Å². The zero-order chi connectivity index (χ0) is 10.1. The number of Topliss-reactive ketones (excluding diaryl/α,β-unsaturated/α-hetero) is 1. The third-order valence-electron chi connectivity index (χ3n) is 2.67. The molecule has 0 radical (unpaired) electrons. The molecular weight excluding hydrogens is 247 g/mol. The predicted octanol–water partition coefficient (Wildman–Crippen LogP) is 3.57. The van der Waals surface area contributed by atoms with Gasteiger partial charge in [0.15, 0.2) is 5.78 Å². The molecule has 1 aromatic rings. The summed E-state index contributed by atoms with van der Waals surface area (Å²) in [5.41, 5.74) is 0.226. The molecule has 1 aromatic carbocycles. The van der Waals surface area contributed by atoms with Crippen LogP contribution in [0, 0.1) is 11.7 Å². The molecule has 3 heteroatoms. The van der Waals surface area contributed by atoms with Gasteiger partial charge in [0.2, 0.25) is 0 Å². The van der Waals surface area contributed by atoms with Crippen LogP contribution in [0.3, 0.4) is 0 Å². The number of hydrogen-bond acceptors (Lipinski definition) is 1. The summed E-state index contributed by atoms with van der Waals surface area (Å²) in [5.74, 6) is -0.404. The smallest absolute Gasteiger partial charge is 0.168 e. The fourth-order valence-electron chi connectivity index (χ4n) is 1.58. The van der Waals surface area contributed by atoms with Gasteiger partial charge in [-0.1, -0.05) is 22.4 Å². The molecule has 0 N–H and O–H groups in total. The molecule has 1 aliphatic rings. The number of carbonyl (C=O) groups excluding carboxylic acids is 1. The number of ketones is 1. The van der Waals surface area contributed by atoms with Crippen molar-refractivity contribution in [1.29, 1.82) is 0 Å². The molecule has 0 amide bonds. The summed E-state index contributed by atoms with van der Waals surface area (Å²) in [4.78, 5) is 11.7. The maximum Gasteiger partial charge on any atom is 0.168 e. The first-order valence-electron chi connectivity index (χ1n) is 4.68. The molecule has 74 valence electrons. The first kappa shape index (κ1) is 9.84. The van der Waals surface area contributed by atoms with Gasteiger partial charge in [0.25, 0.3) is 0 Å². The standard InChI is InChI=1S/C11H10BrFO/c12-8-4-5-10(13)9(6-8)11(14)7-2-1-3-7/h4-7H,1-3H2. The number of hydrogen-bond donors (Lipinski definition) is 0. The highest BCUT2D eigenvalue weighted by molar-refractivity contribution is 9.10. The number of halogens is 2. The molecule has 0 saturated heterocycles. The van der Waals surface area contributed by atoms with Gasteiger partial charge in [0.05, 0.1) is 5.56 Å². The highest BCUT2D eigenvalue weighted by Gasteiger charge is 2.27. The first-order chi connectivity index (χ1) is 6.68. The van der Waals surface area contributed by atoms with Crippen LogP contribution in [-0.4, -0.2) is 5.78 Å². The number of benzene rings is 1. The minimum Gasteiger partial charge on any atom is -0.294 e. The molecule has 0 aliphatic heterocycles. The Bertz CT molecular complexity index is 372. The number of rotatable bonds is 2. The SMILES string of the molecule is O=C(c1cc(Br)ccc1F)C1CCC1. The van der Waals surface area contributed by atoms with Crippen molar-refractivity contribution in [3.8, 4) is 0 Å². The van der Waals surface area contributed by atoms with Crippen molar-refractivity contribution in [2.75, 3.05) is 0 Å². The Hall–Kier alpha value is -0.700. The zero-order valence-electron chi connectivity index (χ0n) is 7.59. The molecule has 2 rings (SSSR count). The van der Waals surface area contributed by atoms with Gasteiger partial charge in [-0.2, -0.15) is 0 Å². The topological polar surface area (TPSA) is 17.1 Å². The molecule has 1 saturated carbocycles. The molecule has 1 fully saturated rings. The molecule has 0 aromatic heterocycles. The van der Waals surface area contributed by atoms with E-state index in [9.17, 15) is 9.18 Å². The lowest BCUT2D eigenvalue weighted by molar-refractivity contribution is 0.0851. The fraction of sp³-hybridized carbons (Fsp3) is 0.364. The van der Waals surface area contributed by atoms with Crippen LogP contribution in [-0.2, 0) is 0 Å². The van der Waals surface area contributed by atoms with Crippen molar-refractivity contribution in [3.63, 3.8) is 0 Å². The van der Waals surface area contributed by atoms with E-state index in [2.05, 4.69) is 15.9 Å². The number of carbonyl (C=O) groups is 1. The summed E-state index contributed by atoms with van der Waals surface area (Å²) in [6.45, 7) is 0. The molecule has 0 spiro atoms. The Kier molecular flexibility index (Phi) is 2.68. The van der Waals surface area contributed by atoms with Crippen molar-refractivity contribution in [1.82, 2.24) is 0 Å². The Morgan fingerprint density at radius 1 is 1.43 bits per heavy atom. The predicted molar refractivity (Wildman–Crippen MR) is 55.8 cm³/mol. The van der Waals surface area contributed by atoms with Gasteiger partial charge in [-0.25, -0.2) is 4.39 Å². The lowest BCUT2D eigenvalue weighted by atomic mass is 9.80. The first-order valence-corrected chi connectivity index (χ1v) is 5.47. The Balaban J connectivity index is 2.29. The summed E-state index contributed by atoms with van der Waals surface area (Å²) >= 11 is 3.23. The van der Waals surface area contributed by atoms with Crippen LogP contribution < -0.4 is 0 Å². The van der Waals surface area contributed by atoms with Gasteiger partial charge in [-0.05, 0) is 31.0 Å². The van der Waals surface area contributed by atoms with Crippen LogP contribution in [0.2, 0.25) is 0 Å². The molecule has 1 nitrogen and oxygen atoms in total. The van der Waals surface area contributed by atoms with Crippen LogP contribution in [0.15, 0.2) is 22.7 Å². The highest BCUT2D eigenvalue weighted by Crippen LogP contribution is 2.31. The van der Waals surface area contributed by atoms with Gasteiger partial charge in [0.1, 0.15) is 5.82 Å². The van der Waals surface area contributed by atoms with Gasteiger partial charge >= 0.3 is 0 Å². The normalized spacial score (nSPS) is 16.4.